The van der Waals surface area contributed by atoms with Gasteiger partial charge in [-0.25, -0.2) is 0 Å². The van der Waals surface area contributed by atoms with E-state index in [0.29, 0.717) is 0 Å². The highest BCUT2D eigenvalue weighted by molar-refractivity contribution is 5.76. The highest BCUT2D eigenvalue weighted by Crippen LogP contribution is 2.39. The van der Waals surface area contributed by atoms with Crippen molar-refractivity contribution in [3.63, 3.8) is 0 Å². The number of ether oxygens (including phenoxy) is 1. The lowest BCUT2D eigenvalue weighted by atomic mass is 9.90. The topological polar surface area (TPSA) is 162 Å². The molecule has 0 aliphatic carbocycles. The van der Waals surface area contributed by atoms with Crippen LogP contribution >= 0.6 is 0 Å². The summed E-state index contributed by atoms with van der Waals surface area (Å²) in [5.41, 5.74) is 9.87. The molecule has 1 aliphatic rings. The molecule has 5 atom stereocenters. The number of fused-ring (bicyclic) bond motifs is 1. The first-order valence-corrected chi connectivity index (χ1v) is 7.12. The van der Waals surface area contributed by atoms with Gasteiger partial charge >= 0.3 is 0 Å². The van der Waals surface area contributed by atoms with Crippen molar-refractivity contribution in [3.8, 4) is 12.3 Å². The Kier molecular flexibility index (Phi) is 3.64. The maximum atomic E-state index is 11.9. The van der Waals surface area contributed by atoms with Crippen LogP contribution in [0.25, 0.3) is 11.0 Å². The van der Waals surface area contributed by atoms with E-state index in [0.717, 1.165) is 0 Å². The Morgan fingerprint density at radius 1 is 1.67 bits per heavy atom. The molecule has 2 aromatic heterocycles. The molecule has 0 radical (unpaired) electrons. The van der Waals surface area contributed by atoms with Crippen LogP contribution in [-0.2, 0) is 4.74 Å². The van der Waals surface area contributed by atoms with Crippen LogP contribution in [0.5, 0.6) is 0 Å². The second-order valence-corrected chi connectivity index (χ2v) is 5.73. The normalized spacial score (nSPS) is 31.0. The first-order chi connectivity index (χ1) is 11.3. The zero-order chi connectivity index (χ0) is 17.6. The molecule has 24 heavy (non-hydrogen) atoms. The molecule has 10 heteroatoms. The number of hydrogen-bond acceptors (Lipinski definition) is 8. The molecule has 0 bridgehead atoms. The third-order valence-corrected chi connectivity index (χ3v) is 4.24. The van der Waals surface area contributed by atoms with Crippen LogP contribution in [0.4, 0.5) is 5.95 Å². The molecule has 1 saturated heterocycles. The Balaban J connectivity index is 2.16. The molecular formula is C14H16N6O4. The minimum absolute atomic E-state index is 0.0891. The molecule has 0 aromatic carbocycles. The van der Waals surface area contributed by atoms with Crippen LogP contribution in [0.1, 0.15) is 13.2 Å². The van der Waals surface area contributed by atoms with Gasteiger partial charge in [0, 0.05) is 6.20 Å². The highest BCUT2D eigenvalue weighted by atomic mass is 16.5. The highest BCUT2D eigenvalue weighted by Gasteiger charge is 2.56. The Morgan fingerprint density at radius 3 is 3.00 bits per heavy atom. The van der Waals surface area contributed by atoms with Crippen molar-refractivity contribution in [2.45, 2.75) is 36.9 Å². The van der Waals surface area contributed by atoms with E-state index >= 15 is 0 Å². The van der Waals surface area contributed by atoms with Crippen molar-refractivity contribution in [1.29, 1.82) is 0 Å². The van der Waals surface area contributed by atoms with Gasteiger partial charge < -0.3 is 25.9 Å². The molecule has 6 N–H and O–H groups in total. The van der Waals surface area contributed by atoms with Crippen molar-refractivity contribution in [1.82, 2.24) is 14.5 Å². The fraction of sp³-hybridized carbons (Fsp3) is 0.429. The Morgan fingerprint density at radius 2 is 2.38 bits per heavy atom. The summed E-state index contributed by atoms with van der Waals surface area (Å²) >= 11 is 0. The number of aliphatic hydroxyl groups excluding tert-OH is 1. The standard InChI is InChI=1S/C14H16N6O4/c1-3-14(16)9(21)8(6(2)19-23)24-12(14)20-5-4-7-10(20)17-13(15)18-11(7)22/h1,4-6,8-9,12,21H,16H2,2H3,(H3,15,17,18,22)/t6-,8+,9?,12+,14+/m0/s1. The second-order valence-electron chi connectivity index (χ2n) is 5.73. The molecule has 1 fully saturated rings. The van der Waals surface area contributed by atoms with Gasteiger partial charge in [0.2, 0.25) is 5.95 Å². The summed E-state index contributed by atoms with van der Waals surface area (Å²) in [7, 11) is 0. The number of H-pyrrole nitrogens is 1. The first-order valence-electron chi connectivity index (χ1n) is 7.12. The number of terminal acetylenes is 1. The van der Waals surface area contributed by atoms with Crippen molar-refractivity contribution in [2.24, 2.45) is 10.9 Å². The molecule has 3 rings (SSSR count). The van der Waals surface area contributed by atoms with E-state index < -0.39 is 35.6 Å². The van der Waals surface area contributed by atoms with Gasteiger partial charge in [0.15, 0.2) is 17.4 Å². The average Bonchev–Trinajstić information content (AvgIpc) is 3.07. The number of nitrogens with one attached hydrogen (secondary N) is 1. The molecule has 1 unspecified atom stereocenters. The summed E-state index contributed by atoms with van der Waals surface area (Å²) in [6.45, 7) is 1.48. The van der Waals surface area contributed by atoms with Gasteiger partial charge in [0.05, 0.1) is 5.39 Å². The SMILES string of the molecule is C#C[C@@]1(N)C(O)[C@@H]([C@H](C)N=O)O[C@H]1n1ccc2c(=O)[nH]c(N)nc21. The van der Waals surface area contributed by atoms with Crippen molar-refractivity contribution < 1.29 is 9.84 Å². The number of hydrogen-bond donors (Lipinski definition) is 4. The maximum Gasteiger partial charge on any atom is 0.261 e. The Hall–Kier alpha value is -2.74. The fourth-order valence-electron chi connectivity index (χ4n) is 2.89. The zero-order valence-electron chi connectivity index (χ0n) is 12.7. The summed E-state index contributed by atoms with van der Waals surface area (Å²) in [6, 6.07) is 0.631. The number of nitrogens with two attached hydrogens (primary N) is 2. The lowest BCUT2D eigenvalue weighted by Gasteiger charge is -2.28. The smallest absolute Gasteiger partial charge is 0.261 e. The summed E-state index contributed by atoms with van der Waals surface area (Å²) in [5, 5.41) is 13.6. The third-order valence-electron chi connectivity index (χ3n) is 4.24. The van der Waals surface area contributed by atoms with Crippen LogP contribution in [0.3, 0.4) is 0 Å². The van der Waals surface area contributed by atoms with Crippen LogP contribution in [0.2, 0.25) is 0 Å². The van der Waals surface area contributed by atoms with Crippen molar-refractivity contribution >= 4 is 17.0 Å². The number of aliphatic hydroxyl groups is 1. The molecular weight excluding hydrogens is 316 g/mol. The van der Waals surface area contributed by atoms with Crippen LogP contribution < -0.4 is 17.0 Å². The van der Waals surface area contributed by atoms with Crippen LogP contribution in [0, 0.1) is 17.3 Å². The number of anilines is 1. The first kappa shape index (κ1) is 16.1. The molecule has 10 nitrogen and oxygen atoms in total. The van der Waals surface area contributed by atoms with Crippen molar-refractivity contribution in [3.05, 3.63) is 27.5 Å². The number of nitrogens with zero attached hydrogens (tertiary/aromatic N) is 3. The van der Waals surface area contributed by atoms with E-state index in [1.807, 2.05) is 0 Å². The largest absolute Gasteiger partial charge is 0.387 e. The Bertz CT molecular complexity index is 899. The van der Waals surface area contributed by atoms with Crippen molar-refractivity contribution in [2.75, 3.05) is 5.73 Å². The number of rotatable bonds is 3. The van der Waals surface area contributed by atoms with Crippen LogP contribution in [-0.4, -0.2) is 43.4 Å². The lowest BCUT2D eigenvalue weighted by Crippen LogP contribution is -2.54. The quantitative estimate of drug-likeness (QED) is 0.416. The predicted octanol–water partition coefficient (Wildman–Crippen LogP) is -0.949. The average molecular weight is 332 g/mol. The second kappa shape index (κ2) is 5.41. The zero-order valence-corrected chi connectivity index (χ0v) is 12.7. The summed E-state index contributed by atoms with van der Waals surface area (Å²) < 4.78 is 7.14. The lowest BCUT2D eigenvalue weighted by molar-refractivity contribution is -0.0287. The summed E-state index contributed by atoms with van der Waals surface area (Å²) in [5.74, 6) is 2.24. The number of nitroso groups, excluding NO2 is 1. The van der Waals surface area contributed by atoms with E-state index in [9.17, 15) is 14.8 Å². The Labute approximate surface area is 135 Å². The van der Waals surface area contributed by atoms with E-state index in [-0.39, 0.29) is 17.0 Å². The molecule has 2 aromatic rings. The third kappa shape index (κ3) is 2.10. The monoisotopic (exact) mass is 332 g/mol. The summed E-state index contributed by atoms with van der Waals surface area (Å²) in [6.07, 6.45) is 3.63. The van der Waals surface area contributed by atoms with E-state index in [1.165, 1.54) is 23.8 Å². The maximum absolute atomic E-state index is 11.9. The molecule has 126 valence electrons. The van der Waals surface area contributed by atoms with Gasteiger partial charge in [-0.05, 0) is 13.0 Å². The molecule has 1 aliphatic heterocycles. The van der Waals surface area contributed by atoms with Gasteiger partial charge in [0.25, 0.3) is 5.56 Å². The van der Waals surface area contributed by atoms with E-state index in [2.05, 4.69) is 21.1 Å². The number of aromatic nitrogens is 3. The molecule has 0 saturated carbocycles. The van der Waals surface area contributed by atoms with Gasteiger partial charge in [-0.2, -0.15) is 9.89 Å². The van der Waals surface area contributed by atoms with E-state index in [4.69, 9.17) is 22.6 Å². The van der Waals surface area contributed by atoms with Gasteiger partial charge in [0.1, 0.15) is 18.2 Å². The fourth-order valence-corrected chi connectivity index (χ4v) is 2.89. The van der Waals surface area contributed by atoms with Crippen LogP contribution in [0.15, 0.2) is 22.2 Å². The molecule has 0 amide bonds. The molecule has 0 spiro atoms. The minimum Gasteiger partial charge on any atom is -0.387 e. The molecule has 3 heterocycles. The summed E-state index contributed by atoms with van der Waals surface area (Å²) in [4.78, 5) is 29.2. The number of nitrogen functional groups attached to an aromatic ring is 1. The number of aromatic amines is 1. The minimum atomic E-state index is -1.64. The van der Waals surface area contributed by atoms with Gasteiger partial charge in [-0.15, -0.1) is 6.42 Å². The van der Waals surface area contributed by atoms with E-state index in [1.54, 1.807) is 0 Å². The predicted molar refractivity (Wildman–Crippen MR) is 85.7 cm³/mol. The van der Waals surface area contributed by atoms with Gasteiger partial charge in [-0.3, -0.25) is 9.78 Å². The van der Waals surface area contributed by atoms with Gasteiger partial charge in [-0.1, -0.05) is 11.1 Å².